The second kappa shape index (κ2) is 9.07. The Morgan fingerprint density at radius 3 is 2.32 bits per heavy atom. The molecule has 3 rings (SSSR count). The summed E-state index contributed by atoms with van der Waals surface area (Å²) in [5, 5.41) is 3.54. The van der Waals surface area contributed by atoms with Crippen molar-refractivity contribution < 1.29 is 13.2 Å². The standard InChI is InChI=1S/C21H25ClN2O3S/c1-16(18-5-3-2-4-6-18)23-21(25)15-17-11-13-24(14-12-17)28(26,27)20-9-7-19(22)8-10-20/h2-10,16-17H,11-15H2,1H3,(H,23,25)/t16-/m0/s1. The smallest absolute Gasteiger partial charge is 0.243 e. The van der Waals surface area contributed by atoms with Gasteiger partial charge in [0.2, 0.25) is 15.9 Å². The van der Waals surface area contributed by atoms with E-state index in [0.29, 0.717) is 37.4 Å². The van der Waals surface area contributed by atoms with Crippen molar-refractivity contribution >= 4 is 27.5 Å². The second-order valence-corrected chi connectivity index (χ2v) is 9.58. The first-order valence-corrected chi connectivity index (χ1v) is 11.3. The van der Waals surface area contributed by atoms with E-state index in [1.165, 1.54) is 16.4 Å². The Morgan fingerprint density at radius 2 is 1.71 bits per heavy atom. The number of piperidine rings is 1. The van der Waals surface area contributed by atoms with E-state index in [9.17, 15) is 13.2 Å². The van der Waals surface area contributed by atoms with E-state index in [2.05, 4.69) is 5.32 Å². The van der Waals surface area contributed by atoms with Gasteiger partial charge in [-0.1, -0.05) is 41.9 Å². The molecule has 0 aliphatic carbocycles. The van der Waals surface area contributed by atoms with E-state index in [4.69, 9.17) is 11.6 Å². The molecule has 7 heteroatoms. The quantitative estimate of drug-likeness (QED) is 0.767. The highest BCUT2D eigenvalue weighted by molar-refractivity contribution is 7.89. The lowest BCUT2D eigenvalue weighted by atomic mass is 9.94. The molecule has 28 heavy (non-hydrogen) atoms. The van der Waals surface area contributed by atoms with E-state index in [-0.39, 0.29) is 22.8 Å². The van der Waals surface area contributed by atoms with Crippen LogP contribution in [0.1, 0.15) is 37.8 Å². The maximum atomic E-state index is 12.7. The van der Waals surface area contributed by atoms with Crippen LogP contribution >= 0.6 is 11.6 Å². The van der Waals surface area contributed by atoms with Crippen LogP contribution in [0.4, 0.5) is 0 Å². The van der Waals surface area contributed by atoms with Gasteiger partial charge in [0, 0.05) is 24.5 Å². The Morgan fingerprint density at radius 1 is 1.11 bits per heavy atom. The predicted molar refractivity (Wildman–Crippen MR) is 111 cm³/mol. The summed E-state index contributed by atoms with van der Waals surface area (Å²) in [4.78, 5) is 12.6. The fourth-order valence-electron chi connectivity index (χ4n) is 3.50. The summed E-state index contributed by atoms with van der Waals surface area (Å²) < 4.78 is 27.0. The first kappa shape index (κ1) is 20.8. The summed E-state index contributed by atoms with van der Waals surface area (Å²) in [5.41, 5.74) is 1.07. The second-order valence-electron chi connectivity index (χ2n) is 7.21. The Balaban J connectivity index is 1.51. The monoisotopic (exact) mass is 420 g/mol. The molecular formula is C21H25ClN2O3S. The van der Waals surface area contributed by atoms with Crippen LogP contribution in [0.15, 0.2) is 59.5 Å². The Kier molecular flexibility index (Phi) is 6.75. The number of nitrogens with zero attached hydrogens (tertiary/aromatic N) is 1. The topological polar surface area (TPSA) is 66.5 Å². The van der Waals surface area contributed by atoms with Gasteiger partial charge in [-0.3, -0.25) is 4.79 Å². The lowest BCUT2D eigenvalue weighted by molar-refractivity contribution is -0.122. The van der Waals surface area contributed by atoms with Crippen molar-refractivity contribution in [1.82, 2.24) is 9.62 Å². The number of rotatable bonds is 6. The number of nitrogens with one attached hydrogen (secondary N) is 1. The fraction of sp³-hybridized carbons (Fsp3) is 0.381. The molecule has 0 saturated carbocycles. The summed E-state index contributed by atoms with van der Waals surface area (Å²) in [6.45, 7) is 2.82. The van der Waals surface area contributed by atoms with Gasteiger partial charge in [0.05, 0.1) is 10.9 Å². The molecule has 0 radical (unpaired) electrons. The van der Waals surface area contributed by atoms with Crippen molar-refractivity contribution in [2.75, 3.05) is 13.1 Å². The fourth-order valence-corrected chi connectivity index (χ4v) is 5.09. The van der Waals surface area contributed by atoms with Crippen LogP contribution in [0.5, 0.6) is 0 Å². The van der Waals surface area contributed by atoms with Crippen molar-refractivity contribution in [3.05, 3.63) is 65.2 Å². The molecule has 1 heterocycles. The molecular weight excluding hydrogens is 396 g/mol. The number of halogens is 1. The number of carbonyl (C=O) groups excluding carboxylic acids is 1. The van der Waals surface area contributed by atoms with Crippen LogP contribution in [-0.2, 0) is 14.8 Å². The Labute approximate surface area is 171 Å². The normalized spacial score (nSPS) is 17.2. The summed E-state index contributed by atoms with van der Waals surface area (Å²) in [7, 11) is -3.51. The van der Waals surface area contributed by atoms with Crippen LogP contribution in [0.3, 0.4) is 0 Å². The zero-order chi connectivity index (χ0) is 20.1. The highest BCUT2D eigenvalue weighted by Crippen LogP contribution is 2.26. The van der Waals surface area contributed by atoms with Crippen LogP contribution in [-0.4, -0.2) is 31.7 Å². The van der Waals surface area contributed by atoms with Gasteiger partial charge in [-0.2, -0.15) is 4.31 Å². The number of carbonyl (C=O) groups is 1. The summed E-state index contributed by atoms with van der Waals surface area (Å²) >= 11 is 5.84. The van der Waals surface area contributed by atoms with Gasteiger partial charge in [0.1, 0.15) is 0 Å². The van der Waals surface area contributed by atoms with Crippen molar-refractivity contribution in [3.8, 4) is 0 Å². The maximum absolute atomic E-state index is 12.7. The van der Waals surface area contributed by atoms with Gasteiger partial charge < -0.3 is 5.32 Å². The molecule has 2 aromatic rings. The third-order valence-electron chi connectivity index (χ3n) is 5.18. The molecule has 1 saturated heterocycles. The van der Waals surface area contributed by atoms with Crippen LogP contribution in [0.25, 0.3) is 0 Å². The minimum Gasteiger partial charge on any atom is -0.350 e. The maximum Gasteiger partial charge on any atom is 0.243 e. The number of amides is 1. The van der Waals surface area contributed by atoms with E-state index in [0.717, 1.165) is 5.56 Å². The van der Waals surface area contributed by atoms with Gasteiger partial charge in [-0.25, -0.2) is 8.42 Å². The number of hydrogen-bond acceptors (Lipinski definition) is 3. The van der Waals surface area contributed by atoms with Crippen molar-refractivity contribution in [2.24, 2.45) is 5.92 Å². The highest BCUT2D eigenvalue weighted by atomic mass is 35.5. The molecule has 1 amide bonds. The highest BCUT2D eigenvalue weighted by Gasteiger charge is 2.30. The molecule has 1 fully saturated rings. The molecule has 0 unspecified atom stereocenters. The van der Waals surface area contributed by atoms with Crippen molar-refractivity contribution in [2.45, 2.75) is 37.1 Å². The molecule has 1 aliphatic rings. The average Bonchev–Trinajstić information content (AvgIpc) is 2.69. The van der Waals surface area contributed by atoms with Gasteiger partial charge >= 0.3 is 0 Å². The first-order valence-electron chi connectivity index (χ1n) is 9.46. The first-order chi connectivity index (χ1) is 13.4. The Bertz CT molecular complexity index is 893. The molecule has 0 spiro atoms. The summed E-state index contributed by atoms with van der Waals surface area (Å²) in [6, 6.07) is 16.0. The molecule has 1 atom stereocenters. The van der Waals surface area contributed by atoms with Crippen LogP contribution in [0, 0.1) is 5.92 Å². The van der Waals surface area contributed by atoms with E-state index in [1.807, 2.05) is 37.3 Å². The third-order valence-corrected chi connectivity index (χ3v) is 7.34. The van der Waals surface area contributed by atoms with Crippen molar-refractivity contribution in [1.29, 1.82) is 0 Å². The van der Waals surface area contributed by atoms with Crippen LogP contribution in [0.2, 0.25) is 5.02 Å². The number of hydrogen-bond donors (Lipinski definition) is 1. The van der Waals surface area contributed by atoms with Gasteiger partial charge in [0.15, 0.2) is 0 Å². The molecule has 1 N–H and O–H groups in total. The summed E-state index contributed by atoms with van der Waals surface area (Å²) in [5.74, 6) is 0.204. The lowest BCUT2D eigenvalue weighted by Crippen LogP contribution is -2.39. The van der Waals surface area contributed by atoms with E-state index in [1.54, 1.807) is 12.1 Å². The minimum absolute atomic E-state index is 0.00959. The largest absolute Gasteiger partial charge is 0.350 e. The lowest BCUT2D eigenvalue weighted by Gasteiger charge is -2.31. The van der Waals surface area contributed by atoms with Gasteiger partial charge in [-0.15, -0.1) is 0 Å². The van der Waals surface area contributed by atoms with E-state index < -0.39 is 10.0 Å². The minimum atomic E-state index is -3.51. The summed E-state index contributed by atoms with van der Waals surface area (Å²) in [6.07, 6.45) is 1.78. The Hall–Kier alpha value is -1.89. The SMILES string of the molecule is C[C@H](NC(=O)CC1CCN(S(=O)(=O)c2ccc(Cl)cc2)CC1)c1ccccc1. The molecule has 150 valence electrons. The zero-order valence-corrected chi connectivity index (χ0v) is 17.4. The molecule has 2 aromatic carbocycles. The van der Waals surface area contributed by atoms with Crippen molar-refractivity contribution in [3.63, 3.8) is 0 Å². The van der Waals surface area contributed by atoms with Crippen LogP contribution < -0.4 is 5.32 Å². The zero-order valence-electron chi connectivity index (χ0n) is 15.8. The molecule has 0 aromatic heterocycles. The predicted octanol–water partition coefficient (Wildman–Crippen LogP) is 4.01. The average molecular weight is 421 g/mol. The molecule has 5 nitrogen and oxygen atoms in total. The number of benzene rings is 2. The van der Waals surface area contributed by atoms with Gasteiger partial charge in [-0.05, 0) is 55.5 Å². The molecule has 0 bridgehead atoms. The molecule has 1 aliphatic heterocycles. The van der Waals surface area contributed by atoms with E-state index >= 15 is 0 Å². The number of sulfonamides is 1. The third kappa shape index (κ3) is 5.13. The van der Waals surface area contributed by atoms with Gasteiger partial charge in [0.25, 0.3) is 0 Å².